The molecular weight excluding hydrogens is 410 g/mol. The van der Waals surface area contributed by atoms with Crippen LogP contribution in [0.2, 0.25) is 0 Å². The number of methoxy groups -OCH3 is 2. The fourth-order valence-electron chi connectivity index (χ4n) is 2.87. The van der Waals surface area contributed by atoms with E-state index in [2.05, 4.69) is 50.3 Å². The predicted molar refractivity (Wildman–Crippen MR) is 145 cm³/mol. The maximum atomic E-state index is 9.09. The highest BCUT2D eigenvalue weighted by Crippen LogP contribution is 2.29. The minimum absolute atomic E-state index is 0.251. The first-order valence-electron chi connectivity index (χ1n) is 11.6. The van der Waals surface area contributed by atoms with E-state index in [1.54, 1.807) is 27.2 Å². The van der Waals surface area contributed by atoms with E-state index in [1.165, 1.54) is 44.5 Å². The highest BCUT2D eigenvalue weighted by atomic mass is 16.5. The topological polar surface area (TPSA) is 41.9 Å². The SMILES string of the molecule is C#C.C=C(C)/C(O)=C\C=C(C)C.COCCCC(C)C.COc1ccccc1N1CCCC1. The fourth-order valence-corrected chi connectivity index (χ4v) is 2.87. The molecule has 0 aromatic heterocycles. The minimum atomic E-state index is 0.251. The quantitative estimate of drug-likeness (QED) is 0.189. The van der Waals surface area contributed by atoms with E-state index in [9.17, 15) is 0 Å². The van der Waals surface area contributed by atoms with Crippen LogP contribution in [0.15, 0.2) is 59.9 Å². The standard InChI is InChI=1S/C11H15NO.C9H14O.C7H16O.C2H2/c1-13-11-7-3-2-6-10(11)12-8-4-5-9-12;1-7(2)5-6-9(10)8(3)4;1-7(2)5-4-6-8-3;1-2/h2-3,6-7H,4-5,8-9H2,1H3;5-6,10H,3H2,1-2,4H3;7H,4-6H2,1-3H3;1-2H/b;9-6+;;. The normalized spacial score (nSPS) is 12.3. The van der Waals surface area contributed by atoms with Crippen molar-refractivity contribution in [3.8, 4) is 18.6 Å². The Balaban J connectivity index is 0. The molecule has 0 saturated carbocycles. The number of allylic oxidation sites excluding steroid dienone is 4. The summed E-state index contributed by atoms with van der Waals surface area (Å²) in [6.45, 7) is 17.0. The molecule has 1 heterocycles. The van der Waals surface area contributed by atoms with Gasteiger partial charge in [-0.2, -0.15) is 0 Å². The van der Waals surface area contributed by atoms with Crippen LogP contribution in [-0.4, -0.2) is 39.0 Å². The number of rotatable bonds is 8. The monoisotopic (exact) mass is 457 g/mol. The number of nitrogens with zero attached hydrogens (tertiary/aromatic N) is 1. The molecule has 0 bridgehead atoms. The van der Waals surface area contributed by atoms with Gasteiger partial charge < -0.3 is 19.5 Å². The van der Waals surface area contributed by atoms with Gasteiger partial charge in [-0.25, -0.2) is 0 Å². The number of para-hydroxylation sites is 2. The van der Waals surface area contributed by atoms with Crippen LogP contribution >= 0.6 is 0 Å². The minimum Gasteiger partial charge on any atom is -0.508 e. The number of ether oxygens (including phenoxy) is 2. The van der Waals surface area contributed by atoms with Gasteiger partial charge in [-0.05, 0) is 76.2 Å². The largest absolute Gasteiger partial charge is 0.508 e. The van der Waals surface area contributed by atoms with Gasteiger partial charge in [0.25, 0.3) is 0 Å². The van der Waals surface area contributed by atoms with Gasteiger partial charge in [0.1, 0.15) is 11.5 Å². The summed E-state index contributed by atoms with van der Waals surface area (Å²) in [5, 5.41) is 9.09. The average Bonchev–Trinajstić information content (AvgIpc) is 3.34. The van der Waals surface area contributed by atoms with Gasteiger partial charge in [-0.3, -0.25) is 0 Å². The molecule has 0 atom stereocenters. The fraction of sp³-hybridized carbons (Fsp3) is 0.517. The second-order valence-electron chi connectivity index (χ2n) is 8.47. The van der Waals surface area contributed by atoms with Crippen LogP contribution in [0.3, 0.4) is 0 Å². The summed E-state index contributed by atoms with van der Waals surface area (Å²) >= 11 is 0. The van der Waals surface area contributed by atoms with E-state index in [0.29, 0.717) is 5.57 Å². The number of aliphatic hydroxyl groups excluding tert-OH is 1. The molecule has 1 fully saturated rings. The number of benzene rings is 1. The first kappa shape index (κ1) is 32.5. The Hall–Kier alpha value is -2.64. The molecule has 2 rings (SSSR count). The molecule has 1 aliphatic rings. The smallest absolute Gasteiger partial charge is 0.142 e. The first-order chi connectivity index (χ1) is 15.7. The van der Waals surface area contributed by atoms with E-state index < -0.39 is 0 Å². The van der Waals surface area contributed by atoms with Crippen molar-refractivity contribution in [2.75, 3.05) is 38.8 Å². The maximum absolute atomic E-state index is 9.09. The summed E-state index contributed by atoms with van der Waals surface area (Å²) in [5.74, 6) is 2.07. The van der Waals surface area contributed by atoms with Crippen LogP contribution in [0.5, 0.6) is 5.75 Å². The Morgan fingerprint density at radius 3 is 2.12 bits per heavy atom. The second kappa shape index (κ2) is 21.2. The van der Waals surface area contributed by atoms with Gasteiger partial charge in [0.15, 0.2) is 0 Å². The Bertz CT molecular complexity index is 707. The summed E-state index contributed by atoms with van der Waals surface area (Å²) in [6, 6.07) is 8.23. The van der Waals surface area contributed by atoms with Gasteiger partial charge in [-0.15, -0.1) is 12.8 Å². The van der Waals surface area contributed by atoms with Crippen molar-refractivity contribution < 1.29 is 14.6 Å². The zero-order valence-electron chi connectivity index (χ0n) is 22.1. The van der Waals surface area contributed by atoms with Crippen molar-refractivity contribution >= 4 is 5.69 Å². The highest BCUT2D eigenvalue weighted by Gasteiger charge is 2.15. The molecule has 4 heteroatoms. The van der Waals surface area contributed by atoms with Crippen molar-refractivity contribution in [3.63, 3.8) is 0 Å². The van der Waals surface area contributed by atoms with Crippen LogP contribution in [0.1, 0.15) is 60.3 Å². The zero-order chi connectivity index (χ0) is 25.6. The van der Waals surface area contributed by atoms with Gasteiger partial charge in [-0.1, -0.05) is 44.2 Å². The molecule has 186 valence electrons. The molecule has 1 aromatic carbocycles. The summed E-state index contributed by atoms with van der Waals surface area (Å²) in [6.07, 6.45) is 16.6. The Kier molecular flexibility index (Phi) is 20.9. The molecule has 0 radical (unpaired) electrons. The van der Waals surface area contributed by atoms with E-state index in [4.69, 9.17) is 14.6 Å². The molecule has 0 amide bonds. The molecule has 4 nitrogen and oxygen atoms in total. The molecule has 1 saturated heterocycles. The summed E-state index contributed by atoms with van der Waals surface area (Å²) in [7, 11) is 3.48. The molecular formula is C29H47NO3. The lowest BCUT2D eigenvalue weighted by Gasteiger charge is -2.19. The molecule has 0 aliphatic carbocycles. The van der Waals surface area contributed by atoms with Crippen molar-refractivity contribution in [2.24, 2.45) is 5.92 Å². The van der Waals surface area contributed by atoms with Crippen molar-refractivity contribution in [2.45, 2.75) is 60.3 Å². The average molecular weight is 458 g/mol. The number of terminal acetylenes is 1. The molecule has 1 N–H and O–H groups in total. The van der Waals surface area contributed by atoms with Gasteiger partial charge >= 0.3 is 0 Å². The molecule has 33 heavy (non-hydrogen) atoms. The number of aliphatic hydroxyl groups is 1. The molecule has 1 aromatic rings. The maximum Gasteiger partial charge on any atom is 0.142 e. The number of anilines is 1. The van der Waals surface area contributed by atoms with E-state index in [0.717, 1.165) is 23.8 Å². The predicted octanol–water partition coefficient (Wildman–Crippen LogP) is 7.58. The molecule has 0 spiro atoms. The highest BCUT2D eigenvalue weighted by molar-refractivity contribution is 5.58. The summed E-state index contributed by atoms with van der Waals surface area (Å²) in [5.41, 5.74) is 3.09. The number of hydrogen-bond acceptors (Lipinski definition) is 4. The lowest BCUT2D eigenvalue weighted by Crippen LogP contribution is -2.18. The Morgan fingerprint density at radius 1 is 1.09 bits per heavy atom. The van der Waals surface area contributed by atoms with E-state index in [-0.39, 0.29) is 5.76 Å². The third-order valence-corrected chi connectivity index (χ3v) is 4.67. The van der Waals surface area contributed by atoms with Crippen LogP contribution < -0.4 is 9.64 Å². The zero-order valence-corrected chi connectivity index (χ0v) is 22.1. The Morgan fingerprint density at radius 2 is 1.67 bits per heavy atom. The van der Waals surface area contributed by atoms with Gasteiger partial charge in [0.2, 0.25) is 0 Å². The summed E-state index contributed by atoms with van der Waals surface area (Å²) < 4.78 is 10.2. The number of hydrogen-bond donors (Lipinski definition) is 1. The van der Waals surface area contributed by atoms with E-state index >= 15 is 0 Å². The van der Waals surface area contributed by atoms with Crippen LogP contribution in [0, 0.1) is 18.8 Å². The Labute approximate surface area is 204 Å². The molecule has 1 aliphatic heterocycles. The first-order valence-corrected chi connectivity index (χ1v) is 11.6. The third-order valence-electron chi connectivity index (χ3n) is 4.67. The third kappa shape index (κ3) is 17.6. The lowest BCUT2D eigenvalue weighted by molar-refractivity contribution is 0.189. The van der Waals surface area contributed by atoms with E-state index in [1.807, 2.05) is 32.1 Å². The second-order valence-corrected chi connectivity index (χ2v) is 8.47. The lowest BCUT2D eigenvalue weighted by atomic mass is 10.1. The van der Waals surface area contributed by atoms with Gasteiger partial charge in [0, 0.05) is 26.8 Å². The van der Waals surface area contributed by atoms with Crippen LogP contribution in [0.4, 0.5) is 5.69 Å². The van der Waals surface area contributed by atoms with Crippen LogP contribution in [-0.2, 0) is 4.74 Å². The van der Waals surface area contributed by atoms with Gasteiger partial charge in [0.05, 0.1) is 12.8 Å². The van der Waals surface area contributed by atoms with Crippen molar-refractivity contribution in [1.29, 1.82) is 0 Å². The summed E-state index contributed by atoms with van der Waals surface area (Å²) in [4.78, 5) is 2.39. The van der Waals surface area contributed by atoms with Crippen molar-refractivity contribution in [1.82, 2.24) is 0 Å². The van der Waals surface area contributed by atoms with Crippen molar-refractivity contribution in [3.05, 3.63) is 59.9 Å². The molecule has 0 unspecified atom stereocenters. The van der Waals surface area contributed by atoms with Crippen LogP contribution in [0.25, 0.3) is 0 Å².